The Morgan fingerprint density at radius 1 is 1.28 bits per heavy atom. The maximum absolute atomic E-state index is 12.7. The molecule has 2 heterocycles. The van der Waals surface area contributed by atoms with Crippen LogP contribution in [0.3, 0.4) is 0 Å². The molecule has 2 aromatic rings. The van der Waals surface area contributed by atoms with Crippen LogP contribution in [0.5, 0.6) is 11.6 Å². The minimum atomic E-state index is -0.897. The first-order chi connectivity index (χ1) is 12.0. The minimum absolute atomic E-state index is 0.107. The number of hydrogen-bond donors (Lipinski definition) is 1. The van der Waals surface area contributed by atoms with Crippen molar-refractivity contribution in [3.05, 3.63) is 52.1 Å². The van der Waals surface area contributed by atoms with Crippen LogP contribution in [-0.2, 0) is 4.79 Å². The third-order valence-corrected chi connectivity index (χ3v) is 4.46. The van der Waals surface area contributed by atoms with E-state index in [0.29, 0.717) is 28.8 Å². The molecule has 130 valence electrons. The van der Waals surface area contributed by atoms with Gasteiger partial charge in [0.15, 0.2) is 0 Å². The lowest BCUT2D eigenvalue weighted by Crippen LogP contribution is -2.30. The molecule has 3 rings (SSSR count). The molecule has 8 heteroatoms. The number of hydrogen-bond acceptors (Lipinski definition) is 4. The lowest BCUT2D eigenvalue weighted by molar-refractivity contribution is -0.141. The van der Waals surface area contributed by atoms with Crippen molar-refractivity contribution in [3.63, 3.8) is 0 Å². The summed E-state index contributed by atoms with van der Waals surface area (Å²) in [4.78, 5) is 29.4. The van der Waals surface area contributed by atoms with Gasteiger partial charge in [-0.1, -0.05) is 23.2 Å². The highest BCUT2D eigenvalue weighted by Gasteiger charge is 2.32. The number of halogens is 2. The Morgan fingerprint density at radius 3 is 2.76 bits per heavy atom. The molecule has 0 aliphatic carbocycles. The molecule has 1 aromatic heterocycles. The molecule has 0 spiro atoms. The van der Waals surface area contributed by atoms with Gasteiger partial charge in [0.05, 0.1) is 10.9 Å². The third kappa shape index (κ3) is 3.86. The molecule has 6 nitrogen and oxygen atoms in total. The van der Waals surface area contributed by atoms with E-state index in [0.717, 1.165) is 0 Å². The van der Waals surface area contributed by atoms with Crippen LogP contribution < -0.4 is 4.74 Å². The van der Waals surface area contributed by atoms with Crippen molar-refractivity contribution in [2.45, 2.75) is 6.42 Å². The van der Waals surface area contributed by atoms with Gasteiger partial charge in [0.25, 0.3) is 5.91 Å². The predicted octanol–water partition coefficient (Wildman–Crippen LogP) is 3.73. The van der Waals surface area contributed by atoms with E-state index in [2.05, 4.69) is 4.98 Å². The van der Waals surface area contributed by atoms with Gasteiger partial charge in [-0.15, -0.1) is 0 Å². The van der Waals surface area contributed by atoms with E-state index in [4.69, 9.17) is 33.0 Å². The van der Waals surface area contributed by atoms with E-state index >= 15 is 0 Å². The van der Waals surface area contributed by atoms with Crippen LogP contribution in [0, 0.1) is 5.92 Å². The van der Waals surface area contributed by atoms with E-state index < -0.39 is 11.9 Å². The summed E-state index contributed by atoms with van der Waals surface area (Å²) in [7, 11) is 0. The predicted molar refractivity (Wildman–Crippen MR) is 92.4 cm³/mol. The summed E-state index contributed by atoms with van der Waals surface area (Å²) in [6.45, 7) is 0.552. The lowest BCUT2D eigenvalue weighted by atomic mass is 10.1. The number of likely N-dealkylation sites (tertiary alicyclic amines) is 1. The SMILES string of the molecule is O=C(O)C1CCN(C(=O)c2cccnc2Oc2ccc(Cl)cc2Cl)C1. The van der Waals surface area contributed by atoms with Gasteiger partial charge in [0.1, 0.15) is 11.3 Å². The molecule has 1 amide bonds. The van der Waals surface area contributed by atoms with Crippen LogP contribution in [0.25, 0.3) is 0 Å². The average molecular weight is 381 g/mol. The number of carboxylic acids is 1. The van der Waals surface area contributed by atoms with Crippen molar-refractivity contribution in [1.82, 2.24) is 9.88 Å². The number of carbonyl (C=O) groups is 2. The molecule has 1 unspecified atom stereocenters. The van der Waals surface area contributed by atoms with Gasteiger partial charge in [-0.3, -0.25) is 9.59 Å². The van der Waals surface area contributed by atoms with Crippen LogP contribution in [0.1, 0.15) is 16.8 Å². The number of rotatable bonds is 4. The smallest absolute Gasteiger partial charge is 0.308 e. The third-order valence-electron chi connectivity index (χ3n) is 3.93. The average Bonchev–Trinajstić information content (AvgIpc) is 3.07. The lowest BCUT2D eigenvalue weighted by Gasteiger charge is -2.17. The first kappa shape index (κ1) is 17.5. The number of nitrogens with zero attached hydrogens (tertiary/aromatic N) is 2. The summed E-state index contributed by atoms with van der Waals surface area (Å²) >= 11 is 12.0. The molecule has 1 saturated heterocycles. The summed E-state index contributed by atoms with van der Waals surface area (Å²) in [5.41, 5.74) is 0.250. The Morgan fingerprint density at radius 2 is 2.08 bits per heavy atom. The second-order valence-electron chi connectivity index (χ2n) is 5.61. The largest absolute Gasteiger partial charge is 0.481 e. The normalized spacial score (nSPS) is 16.7. The van der Waals surface area contributed by atoms with Gasteiger partial charge >= 0.3 is 5.97 Å². The zero-order valence-corrected chi connectivity index (χ0v) is 14.5. The zero-order valence-electron chi connectivity index (χ0n) is 13.0. The fourth-order valence-electron chi connectivity index (χ4n) is 2.61. The van der Waals surface area contributed by atoms with Crippen LogP contribution >= 0.6 is 23.2 Å². The van der Waals surface area contributed by atoms with Gasteiger partial charge in [-0.2, -0.15) is 0 Å². The van der Waals surface area contributed by atoms with Crippen molar-refractivity contribution in [1.29, 1.82) is 0 Å². The molecule has 0 bridgehead atoms. The molecular weight excluding hydrogens is 367 g/mol. The van der Waals surface area contributed by atoms with Gasteiger partial charge in [-0.25, -0.2) is 4.98 Å². The molecule has 1 atom stereocenters. The highest BCUT2D eigenvalue weighted by molar-refractivity contribution is 6.35. The first-order valence-electron chi connectivity index (χ1n) is 7.55. The quantitative estimate of drug-likeness (QED) is 0.873. The van der Waals surface area contributed by atoms with Crippen LogP contribution in [-0.4, -0.2) is 40.0 Å². The van der Waals surface area contributed by atoms with Crippen molar-refractivity contribution < 1.29 is 19.4 Å². The van der Waals surface area contributed by atoms with Crippen molar-refractivity contribution in [3.8, 4) is 11.6 Å². The summed E-state index contributed by atoms with van der Waals surface area (Å²) in [6.07, 6.45) is 1.93. The van der Waals surface area contributed by atoms with E-state index in [1.807, 2.05) is 0 Å². The van der Waals surface area contributed by atoms with E-state index in [9.17, 15) is 9.59 Å². The first-order valence-corrected chi connectivity index (χ1v) is 8.31. The molecule has 0 saturated carbocycles. The van der Waals surface area contributed by atoms with E-state index in [1.165, 1.54) is 17.2 Å². The van der Waals surface area contributed by atoms with Crippen LogP contribution in [0.4, 0.5) is 0 Å². The van der Waals surface area contributed by atoms with Gasteiger partial charge < -0.3 is 14.7 Å². The van der Waals surface area contributed by atoms with Crippen molar-refractivity contribution in [2.24, 2.45) is 5.92 Å². The number of carboxylic acid groups (broad SMARTS) is 1. The number of benzene rings is 1. The standard InChI is InChI=1S/C17H14Cl2N2O4/c18-11-3-4-14(13(19)8-11)25-15-12(2-1-6-20-15)16(22)21-7-5-10(9-21)17(23)24/h1-4,6,8,10H,5,7,9H2,(H,23,24). The maximum Gasteiger partial charge on any atom is 0.308 e. The van der Waals surface area contributed by atoms with Crippen molar-refractivity contribution in [2.75, 3.05) is 13.1 Å². The Hall–Kier alpha value is -2.31. The molecule has 1 fully saturated rings. The highest BCUT2D eigenvalue weighted by Crippen LogP contribution is 2.32. The molecule has 1 N–H and O–H groups in total. The Kier molecular flexibility index (Phi) is 5.11. The van der Waals surface area contributed by atoms with Crippen LogP contribution in [0.15, 0.2) is 36.5 Å². The monoisotopic (exact) mass is 380 g/mol. The number of carbonyl (C=O) groups excluding carboxylic acids is 1. The number of aromatic nitrogens is 1. The zero-order chi connectivity index (χ0) is 18.0. The molecule has 1 aliphatic rings. The number of amides is 1. The second kappa shape index (κ2) is 7.29. The maximum atomic E-state index is 12.7. The summed E-state index contributed by atoms with van der Waals surface area (Å²) in [6, 6.07) is 7.94. The van der Waals surface area contributed by atoms with Gasteiger partial charge in [0, 0.05) is 24.3 Å². The second-order valence-corrected chi connectivity index (χ2v) is 6.45. The molecule has 1 aliphatic heterocycles. The Labute approximate surface area is 153 Å². The number of aliphatic carboxylic acids is 1. The van der Waals surface area contributed by atoms with Crippen LogP contribution in [0.2, 0.25) is 10.0 Å². The topological polar surface area (TPSA) is 79.7 Å². The highest BCUT2D eigenvalue weighted by atomic mass is 35.5. The van der Waals surface area contributed by atoms with E-state index in [-0.39, 0.29) is 23.9 Å². The molecule has 0 radical (unpaired) electrons. The summed E-state index contributed by atoms with van der Waals surface area (Å²) in [5.74, 6) is -1.34. The van der Waals surface area contributed by atoms with E-state index in [1.54, 1.807) is 24.3 Å². The number of pyridine rings is 1. The Bertz CT molecular complexity index is 828. The molecular formula is C17H14Cl2N2O4. The van der Waals surface area contributed by atoms with Crippen molar-refractivity contribution >= 4 is 35.1 Å². The molecule has 1 aromatic carbocycles. The molecule has 25 heavy (non-hydrogen) atoms. The Balaban J connectivity index is 1.83. The fourth-order valence-corrected chi connectivity index (χ4v) is 3.06. The summed E-state index contributed by atoms with van der Waals surface area (Å²) < 4.78 is 5.68. The summed E-state index contributed by atoms with van der Waals surface area (Å²) in [5, 5.41) is 9.84. The van der Waals surface area contributed by atoms with Gasteiger partial charge in [0.2, 0.25) is 5.88 Å². The fraction of sp³-hybridized carbons (Fsp3) is 0.235. The van der Waals surface area contributed by atoms with Gasteiger partial charge in [-0.05, 0) is 36.8 Å². The minimum Gasteiger partial charge on any atom is -0.481 e. The number of ether oxygens (including phenoxy) is 1.